The molecule has 37 heavy (non-hydrogen) atoms. The summed E-state index contributed by atoms with van der Waals surface area (Å²) in [5, 5.41) is 3.61. The quantitative estimate of drug-likeness (QED) is 0.369. The normalized spacial score (nSPS) is 12.9. The number of rotatable bonds is 13. The molecular formula is C26H35Cl2N3O5S. The Kier molecular flexibility index (Phi) is 11.5. The number of anilines is 1. The van der Waals surface area contributed by atoms with E-state index < -0.39 is 28.5 Å². The highest BCUT2D eigenvalue weighted by Gasteiger charge is 2.33. The van der Waals surface area contributed by atoms with Gasteiger partial charge in [-0.05, 0) is 56.5 Å². The van der Waals surface area contributed by atoms with Gasteiger partial charge in [0, 0.05) is 12.6 Å². The fourth-order valence-corrected chi connectivity index (χ4v) is 4.90. The van der Waals surface area contributed by atoms with Gasteiger partial charge >= 0.3 is 0 Å². The summed E-state index contributed by atoms with van der Waals surface area (Å²) >= 11 is 12.3. The van der Waals surface area contributed by atoms with E-state index in [0.29, 0.717) is 34.4 Å². The summed E-state index contributed by atoms with van der Waals surface area (Å²) < 4.78 is 32.3. The smallest absolute Gasteiger partial charge is 0.244 e. The predicted octanol–water partition coefficient (Wildman–Crippen LogP) is 4.88. The number of para-hydroxylation sites is 2. The maximum atomic E-state index is 13.8. The average Bonchev–Trinajstić information content (AvgIpc) is 2.84. The zero-order valence-corrected chi connectivity index (χ0v) is 24.2. The van der Waals surface area contributed by atoms with E-state index in [4.69, 9.17) is 27.9 Å². The lowest BCUT2D eigenvalue weighted by atomic mass is 10.1. The van der Waals surface area contributed by atoms with Gasteiger partial charge < -0.3 is 15.0 Å². The number of carbonyl (C=O) groups is 2. The number of benzene rings is 2. The van der Waals surface area contributed by atoms with E-state index >= 15 is 0 Å². The highest BCUT2D eigenvalue weighted by Crippen LogP contribution is 2.30. The molecule has 2 unspecified atom stereocenters. The molecule has 0 spiro atoms. The molecular weight excluding hydrogens is 537 g/mol. The van der Waals surface area contributed by atoms with Gasteiger partial charge in [0.05, 0.1) is 28.6 Å². The number of nitrogens with zero attached hydrogens (tertiary/aromatic N) is 2. The maximum absolute atomic E-state index is 13.8. The van der Waals surface area contributed by atoms with Crippen LogP contribution in [0.4, 0.5) is 5.69 Å². The van der Waals surface area contributed by atoms with Crippen LogP contribution in [-0.4, -0.2) is 56.6 Å². The van der Waals surface area contributed by atoms with Crippen molar-refractivity contribution >= 4 is 50.7 Å². The van der Waals surface area contributed by atoms with Crippen molar-refractivity contribution in [2.75, 3.05) is 23.7 Å². The molecule has 11 heteroatoms. The first-order chi connectivity index (χ1) is 17.4. The molecule has 2 aromatic rings. The molecule has 0 aliphatic carbocycles. The van der Waals surface area contributed by atoms with Gasteiger partial charge in [0.1, 0.15) is 18.3 Å². The summed E-state index contributed by atoms with van der Waals surface area (Å²) in [6.45, 7) is 7.25. The third-order valence-corrected chi connectivity index (χ3v) is 7.70. The number of amides is 2. The third-order valence-electron chi connectivity index (χ3n) is 5.84. The number of sulfonamides is 1. The molecule has 1 N–H and O–H groups in total. The second-order valence-electron chi connectivity index (χ2n) is 8.68. The first-order valence-electron chi connectivity index (χ1n) is 12.2. The Hall–Kier alpha value is -2.49. The van der Waals surface area contributed by atoms with Crippen LogP contribution in [0.2, 0.25) is 10.0 Å². The van der Waals surface area contributed by atoms with Crippen LogP contribution >= 0.6 is 23.2 Å². The van der Waals surface area contributed by atoms with Crippen molar-refractivity contribution < 1.29 is 22.7 Å². The van der Waals surface area contributed by atoms with Crippen LogP contribution in [0.3, 0.4) is 0 Å². The molecule has 8 nitrogen and oxygen atoms in total. The van der Waals surface area contributed by atoms with Crippen LogP contribution in [0.1, 0.15) is 46.1 Å². The Bertz CT molecular complexity index is 1190. The van der Waals surface area contributed by atoms with E-state index in [1.54, 1.807) is 56.3 Å². The molecule has 0 saturated heterocycles. The maximum Gasteiger partial charge on any atom is 0.244 e. The largest absolute Gasteiger partial charge is 0.492 e. The monoisotopic (exact) mass is 571 g/mol. The summed E-state index contributed by atoms with van der Waals surface area (Å²) in [7, 11) is -3.88. The summed E-state index contributed by atoms with van der Waals surface area (Å²) in [5.74, 6) is -0.527. The molecule has 0 bridgehead atoms. The number of hydrogen-bond acceptors (Lipinski definition) is 5. The Morgan fingerprint density at radius 3 is 2.27 bits per heavy atom. The lowest BCUT2D eigenvalue weighted by molar-refractivity contribution is -0.140. The van der Waals surface area contributed by atoms with Crippen molar-refractivity contribution in [2.24, 2.45) is 0 Å². The molecule has 2 rings (SSSR count). The van der Waals surface area contributed by atoms with Crippen LogP contribution in [0, 0.1) is 0 Å². The molecule has 0 aromatic heterocycles. The van der Waals surface area contributed by atoms with Crippen LogP contribution in [0.15, 0.2) is 42.5 Å². The van der Waals surface area contributed by atoms with Crippen molar-refractivity contribution in [3.63, 3.8) is 0 Å². The van der Waals surface area contributed by atoms with Gasteiger partial charge in [-0.2, -0.15) is 0 Å². The lowest BCUT2D eigenvalue weighted by Crippen LogP contribution is -2.53. The number of hydrogen-bond donors (Lipinski definition) is 1. The van der Waals surface area contributed by atoms with E-state index in [-0.39, 0.29) is 24.2 Å². The Labute approximate surface area is 229 Å². The molecule has 2 amide bonds. The zero-order chi connectivity index (χ0) is 27.8. The topological polar surface area (TPSA) is 96.0 Å². The number of nitrogens with one attached hydrogen (secondary N) is 1. The fourth-order valence-electron chi connectivity index (χ4n) is 3.73. The molecule has 0 heterocycles. The summed E-state index contributed by atoms with van der Waals surface area (Å²) in [6.07, 6.45) is 2.07. The second-order valence-corrected chi connectivity index (χ2v) is 11.4. The van der Waals surface area contributed by atoms with Gasteiger partial charge in [0.15, 0.2) is 0 Å². The number of carbonyl (C=O) groups excluding carboxylic acids is 2. The SMILES string of the molecule is CCOc1ccccc1N(CC(=O)N(Cc1ccc(Cl)c(Cl)c1)C(CC)C(=O)NC(C)CC)S(C)(=O)=O. The van der Waals surface area contributed by atoms with Crippen LogP contribution in [0.5, 0.6) is 5.75 Å². The van der Waals surface area contributed by atoms with Crippen molar-refractivity contribution in [2.45, 2.75) is 59.2 Å². The van der Waals surface area contributed by atoms with Crippen molar-refractivity contribution in [3.8, 4) is 5.75 Å². The van der Waals surface area contributed by atoms with E-state index in [0.717, 1.165) is 17.0 Å². The first-order valence-corrected chi connectivity index (χ1v) is 14.8. The van der Waals surface area contributed by atoms with Gasteiger partial charge in [-0.3, -0.25) is 13.9 Å². The molecule has 204 valence electrons. The van der Waals surface area contributed by atoms with Gasteiger partial charge in [-0.15, -0.1) is 0 Å². The minimum atomic E-state index is -3.88. The highest BCUT2D eigenvalue weighted by atomic mass is 35.5. The minimum Gasteiger partial charge on any atom is -0.492 e. The number of halogens is 2. The van der Waals surface area contributed by atoms with Crippen LogP contribution in [0.25, 0.3) is 0 Å². The predicted molar refractivity (Wildman–Crippen MR) is 149 cm³/mol. The Morgan fingerprint density at radius 2 is 1.70 bits per heavy atom. The second kappa shape index (κ2) is 13.9. The zero-order valence-electron chi connectivity index (χ0n) is 21.8. The average molecular weight is 573 g/mol. The summed E-state index contributed by atoms with van der Waals surface area (Å²) in [6, 6.07) is 10.6. The summed E-state index contributed by atoms with van der Waals surface area (Å²) in [4.78, 5) is 28.4. The van der Waals surface area contributed by atoms with Crippen LogP contribution < -0.4 is 14.4 Å². The van der Waals surface area contributed by atoms with Gasteiger partial charge in [-0.1, -0.05) is 55.2 Å². The summed E-state index contributed by atoms with van der Waals surface area (Å²) in [5.41, 5.74) is 0.893. The van der Waals surface area contributed by atoms with E-state index in [2.05, 4.69) is 5.32 Å². The van der Waals surface area contributed by atoms with Gasteiger partial charge in [-0.25, -0.2) is 8.42 Å². The number of ether oxygens (including phenoxy) is 1. The molecule has 0 radical (unpaired) electrons. The van der Waals surface area contributed by atoms with Crippen molar-refractivity contribution in [1.82, 2.24) is 10.2 Å². The van der Waals surface area contributed by atoms with Gasteiger partial charge in [0.25, 0.3) is 0 Å². The van der Waals surface area contributed by atoms with Gasteiger partial charge in [0.2, 0.25) is 21.8 Å². The fraction of sp³-hybridized carbons (Fsp3) is 0.462. The van der Waals surface area contributed by atoms with E-state index in [1.807, 2.05) is 13.8 Å². The molecule has 0 aliphatic rings. The Balaban J connectivity index is 2.51. The molecule has 2 aromatic carbocycles. The van der Waals surface area contributed by atoms with Crippen molar-refractivity contribution in [3.05, 3.63) is 58.1 Å². The van der Waals surface area contributed by atoms with E-state index in [9.17, 15) is 18.0 Å². The minimum absolute atomic E-state index is 0.0346. The molecule has 0 aliphatic heterocycles. The molecule has 2 atom stereocenters. The third kappa shape index (κ3) is 8.51. The molecule has 0 saturated carbocycles. The van der Waals surface area contributed by atoms with Crippen molar-refractivity contribution in [1.29, 1.82) is 0 Å². The van der Waals surface area contributed by atoms with Crippen LogP contribution in [-0.2, 0) is 26.2 Å². The Morgan fingerprint density at radius 1 is 1.03 bits per heavy atom. The lowest BCUT2D eigenvalue weighted by Gasteiger charge is -2.33. The highest BCUT2D eigenvalue weighted by molar-refractivity contribution is 7.92. The standard InChI is InChI=1S/C26H35Cl2N3O5S/c1-6-18(4)29-26(33)22(7-2)30(16-19-13-14-20(27)21(28)15-19)25(32)17-31(37(5,34)35)23-11-9-10-12-24(23)36-8-3/h9-15,18,22H,6-8,16-17H2,1-5H3,(H,29,33). The first kappa shape index (κ1) is 30.7. The molecule has 0 fully saturated rings. The van der Waals surface area contributed by atoms with E-state index in [1.165, 1.54) is 4.90 Å².